The molecule has 2 aliphatic heterocycles. The minimum atomic E-state index is -0.506. The van der Waals surface area contributed by atoms with Gasteiger partial charge in [-0.05, 0) is 17.7 Å². The average Bonchev–Trinajstić information content (AvgIpc) is 2.56. The highest BCUT2D eigenvalue weighted by Crippen LogP contribution is 2.19. The van der Waals surface area contributed by atoms with Crippen LogP contribution in [0.3, 0.4) is 0 Å². The van der Waals surface area contributed by atoms with Crippen LogP contribution in [0.25, 0.3) is 0 Å². The van der Waals surface area contributed by atoms with E-state index in [0.29, 0.717) is 23.6 Å². The second-order valence-corrected chi connectivity index (χ2v) is 6.87. The molecule has 3 amide bonds. The second kappa shape index (κ2) is 7.04. The summed E-state index contributed by atoms with van der Waals surface area (Å²) in [6.07, 6.45) is 0.413. The molecule has 0 aliphatic carbocycles. The molecule has 0 spiro atoms. The normalized spacial score (nSPS) is 23.8. The van der Waals surface area contributed by atoms with Crippen molar-refractivity contribution in [2.24, 2.45) is 11.0 Å². The number of benzene rings is 1. The third kappa shape index (κ3) is 3.76. The number of nitrogens with zero attached hydrogens (tertiary/aromatic N) is 1. The number of thioether (sulfide) groups is 1. The molecule has 1 aromatic carbocycles. The van der Waals surface area contributed by atoms with Crippen LogP contribution in [-0.4, -0.2) is 41.0 Å². The first kappa shape index (κ1) is 16.5. The number of hydrogen-bond donors (Lipinski definition) is 3. The van der Waals surface area contributed by atoms with E-state index in [-0.39, 0.29) is 23.6 Å². The van der Waals surface area contributed by atoms with Gasteiger partial charge in [-0.25, -0.2) is 5.43 Å². The predicted molar refractivity (Wildman–Crippen MR) is 92.8 cm³/mol. The van der Waals surface area contributed by atoms with Crippen LogP contribution in [0.5, 0.6) is 0 Å². The van der Waals surface area contributed by atoms with Gasteiger partial charge in [-0.1, -0.05) is 19.1 Å². The maximum absolute atomic E-state index is 12.2. The monoisotopic (exact) mass is 346 g/mol. The highest BCUT2D eigenvalue weighted by atomic mass is 32.2. The van der Waals surface area contributed by atoms with E-state index in [4.69, 9.17) is 0 Å². The number of hydrazone groups is 1. The molecule has 24 heavy (non-hydrogen) atoms. The number of rotatable bonds is 3. The van der Waals surface area contributed by atoms with Crippen molar-refractivity contribution in [3.63, 3.8) is 0 Å². The molecule has 7 nitrogen and oxygen atoms in total. The molecule has 1 fully saturated rings. The summed E-state index contributed by atoms with van der Waals surface area (Å²) in [5.74, 6) is 0.599. The molecular formula is C16H18N4O3S. The molecule has 2 atom stereocenters. The molecule has 3 rings (SSSR count). The molecule has 8 heteroatoms. The van der Waals surface area contributed by atoms with E-state index in [2.05, 4.69) is 21.2 Å². The Bertz CT molecular complexity index is 702. The van der Waals surface area contributed by atoms with Crippen molar-refractivity contribution in [1.82, 2.24) is 10.7 Å². The quantitative estimate of drug-likeness (QED) is 0.751. The van der Waals surface area contributed by atoms with Gasteiger partial charge in [0.05, 0.1) is 11.5 Å². The fraction of sp³-hybridized carbons (Fsp3) is 0.375. The van der Waals surface area contributed by atoms with Crippen LogP contribution < -0.4 is 16.1 Å². The summed E-state index contributed by atoms with van der Waals surface area (Å²) in [4.78, 5) is 34.8. The summed E-state index contributed by atoms with van der Waals surface area (Å²) in [5, 5.41) is 9.60. The Morgan fingerprint density at radius 2 is 2.00 bits per heavy atom. The first-order valence-corrected chi connectivity index (χ1v) is 8.83. The smallest absolute Gasteiger partial charge is 0.247 e. The topological polar surface area (TPSA) is 99.7 Å². The van der Waals surface area contributed by atoms with Gasteiger partial charge >= 0.3 is 0 Å². The van der Waals surface area contributed by atoms with Crippen molar-refractivity contribution in [2.45, 2.75) is 19.4 Å². The zero-order valence-electron chi connectivity index (χ0n) is 13.2. The van der Waals surface area contributed by atoms with E-state index >= 15 is 0 Å². The number of carbonyl (C=O) groups excluding carboxylic acids is 3. The van der Waals surface area contributed by atoms with Gasteiger partial charge in [-0.2, -0.15) is 5.10 Å². The summed E-state index contributed by atoms with van der Waals surface area (Å²) >= 11 is 1.45. The van der Waals surface area contributed by atoms with Crippen molar-refractivity contribution in [1.29, 1.82) is 0 Å². The summed E-state index contributed by atoms with van der Waals surface area (Å²) in [7, 11) is 0. The molecule has 126 valence electrons. The Morgan fingerprint density at radius 3 is 2.67 bits per heavy atom. The third-order valence-electron chi connectivity index (χ3n) is 3.88. The van der Waals surface area contributed by atoms with Gasteiger partial charge in [0, 0.05) is 23.8 Å². The van der Waals surface area contributed by atoms with Crippen LogP contribution in [0.4, 0.5) is 5.69 Å². The molecule has 1 saturated heterocycles. The van der Waals surface area contributed by atoms with E-state index in [0.717, 1.165) is 11.3 Å². The standard InChI is InChI=1S/C16H18N4O3S/c1-9-6-13(21)19-20-15(9)10-2-4-11(5-3-10)17-16(23)12-7-24-8-14(22)18-12/h2-5,9,12H,6-8H2,1H3,(H,17,23)(H,18,22)(H,19,21). The van der Waals surface area contributed by atoms with E-state index in [1.165, 1.54) is 11.8 Å². The molecule has 0 aromatic heterocycles. The summed E-state index contributed by atoms with van der Waals surface area (Å²) in [5.41, 5.74) is 4.87. The Hall–Kier alpha value is -2.35. The number of carbonyl (C=O) groups is 3. The maximum Gasteiger partial charge on any atom is 0.247 e. The predicted octanol–water partition coefficient (Wildman–Crippen LogP) is 0.717. The zero-order valence-corrected chi connectivity index (χ0v) is 14.0. The Kier molecular flexibility index (Phi) is 4.84. The van der Waals surface area contributed by atoms with Crippen molar-refractivity contribution in [3.8, 4) is 0 Å². The summed E-state index contributed by atoms with van der Waals surface area (Å²) in [6, 6.07) is 6.79. The Labute approximate surface area is 143 Å². The number of nitrogens with one attached hydrogen (secondary N) is 3. The molecule has 2 aliphatic rings. The van der Waals surface area contributed by atoms with Gasteiger partial charge in [-0.3, -0.25) is 14.4 Å². The van der Waals surface area contributed by atoms with Gasteiger partial charge in [0.15, 0.2) is 0 Å². The lowest BCUT2D eigenvalue weighted by Crippen LogP contribution is -2.49. The Balaban J connectivity index is 1.65. The number of anilines is 1. The lowest BCUT2D eigenvalue weighted by molar-refractivity contribution is -0.124. The van der Waals surface area contributed by atoms with Gasteiger partial charge in [-0.15, -0.1) is 11.8 Å². The minimum absolute atomic E-state index is 0.0497. The average molecular weight is 346 g/mol. The molecule has 1 aromatic rings. The van der Waals surface area contributed by atoms with Gasteiger partial charge < -0.3 is 10.6 Å². The SMILES string of the molecule is CC1CC(=O)NN=C1c1ccc(NC(=O)C2CSCC(=O)N2)cc1. The Morgan fingerprint density at radius 1 is 1.25 bits per heavy atom. The van der Waals surface area contributed by atoms with Crippen LogP contribution >= 0.6 is 11.8 Å². The van der Waals surface area contributed by atoms with E-state index in [1.807, 2.05) is 19.1 Å². The van der Waals surface area contributed by atoms with Crippen molar-refractivity contribution in [2.75, 3.05) is 16.8 Å². The van der Waals surface area contributed by atoms with Gasteiger partial charge in [0.25, 0.3) is 0 Å². The minimum Gasteiger partial charge on any atom is -0.343 e. The fourth-order valence-corrected chi connectivity index (χ4v) is 3.50. The van der Waals surface area contributed by atoms with E-state index in [1.54, 1.807) is 12.1 Å². The number of hydrogen-bond acceptors (Lipinski definition) is 5. The molecule has 0 saturated carbocycles. The summed E-state index contributed by atoms with van der Waals surface area (Å²) in [6.45, 7) is 1.96. The first-order chi connectivity index (χ1) is 11.5. The van der Waals surface area contributed by atoms with Crippen molar-refractivity contribution < 1.29 is 14.4 Å². The zero-order chi connectivity index (χ0) is 17.1. The maximum atomic E-state index is 12.2. The third-order valence-corrected chi connectivity index (χ3v) is 4.91. The van der Waals surface area contributed by atoms with Gasteiger partial charge in [0.2, 0.25) is 17.7 Å². The van der Waals surface area contributed by atoms with Crippen LogP contribution in [0.2, 0.25) is 0 Å². The van der Waals surface area contributed by atoms with Crippen molar-refractivity contribution >= 4 is 40.9 Å². The largest absolute Gasteiger partial charge is 0.343 e. The molecular weight excluding hydrogens is 328 g/mol. The van der Waals surface area contributed by atoms with Gasteiger partial charge in [0.1, 0.15) is 6.04 Å². The van der Waals surface area contributed by atoms with Crippen LogP contribution in [0.15, 0.2) is 29.4 Å². The van der Waals surface area contributed by atoms with Crippen LogP contribution in [0.1, 0.15) is 18.9 Å². The van der Waals surface area contributed by atoms with Crippen LogP contribution in [-0.2, 0) is 14.4 Å². The first-order valence-electron chi connectivity index (χ1n) is 7.68. The highest BCUT2D eigenvalue weighted by Gasteiger charge is 2.25. The molecule has 2 unspecified atom stereocenters. The van der Waals surface area contributed by atoms with E-state index < -0.39 is 6.04 Å². The molecule has 0 bridgehead atoms. The van der Waals surface area contributed by atoms with Crippen molar-refractivity contribution in [3.05, 3.63) is 29.8 Å². The molecule has 0 radical (unpaired) electrons. The summed E-state index contributed by atoms with van der Waals surface area (Å²) < 4.78 is 0. The second-order valence-electron chi connectivity index (χ2n) is 5.84. The lowest BCUT2D eigenvalue weighted by Gasteiger charge is -2.22. The van der Waals surface area contributed by atoms with E-state index in [9.17, 15) is 14.4 Å². The highest BCUT2D eigenvalue weighted by molar-refractivity contribution is 8.00. The number of amides is 3. The molecule has 2 heterocycles. The molecule has 3 N–H and O–H groups in total. The van der Waals surface area contributed by atoms with Crippen LogP contribution in [0, 0.1) is 5.92 Å². The fourth-order valence-electron chi connectivity index (χ4n) is 2.64. The lowest BCUT2D eigenvalue weighted by atomic mass is 9.94.